The molecule has 0 radical (unpaired) electrons. The molecule has 4 nitrogen and oxygen atoms in total. The number of nitrogens with zero attached hydrogens (tertiary/aromatic N) is 1. The Bertz CT molecular complexity index is 627. The fourth-order valence-corrected chi connectivity index (χ4v) is 1.57. The van der Waals surface area contributed by atoms with E-state index in [1.165, 1.54) is 12.3 Å². The number of carboxylic acids is 1. The number of aromatic nitrogens is 1. The highest BCUT2D eigenvalue weighted by molar-refractivity contribution is 5.87. The SMILES string of the molecule is C#Cc1cccc(NCc2ccc(C(=O)O)cn2)c1. The Kier molecular flexibility index (Phi) is 3.79. The van der Waals surface area contributed by atoms with E-state index in [1.54, 1.807) is 6.07 Å². The lowest BCUT2D eigenvalue weighted by Crippen LogP contribution is -2.03. The maximum Gasteiger partial charge on any atom is 0.337 e. The first kappa shape index (κ1) is 12.7. The first-order valence-electron chi connectivity index (χ1n) is 5.68. The average molecular weight is 252 g/mol. The fraction of sp³-hybridized carbons (Fsp3) is 0.0667. The summed E-state index contributed by atoms with van der Waals surface area (Å²) in [5, 5.41) is 11.9. The maximum atomic E-state index is 10.7. The zero-order valence-electron chi connectivity index (χ0n) is 10.1. The third kappa shape index (κ3) is 3.33. The molecule has 0 spiro atoms. The molecule has 0 saturated carbocycles. The van der Waals surface area contributed by atoms with Gasteiger partial charge in [0, 0.05) is 17.4 Å². The predicted octanol–water partition coefficient (Wildman–Crippen LogP) is 2.37. The molecule has 0 saturated heterocycles. The fourth-order valence-electron chi connectivity index (χ4n) is 1.57. The van der Waals surface area contributed by atoms with E-state index >= 15 is 0 Å². The molecule has 2 aromatic rings. The summed E-state index contributed by atoms with van der Waals surface area (Å²) in [5.41, 5.74) is 2.65. The minimum atomic E-state index is -0.978. The molecule has 0 unspecified atom stereocenters. The number of carboxylic acid groups (broad SMARTS) is 1. The van der Waals surface area contributed by atoms with E-state index in [4.69, 9.17) is 11.5 Å². The minimum absolute atomic E-state index is 0.179. The Balaban J connectivity index is 2.02. The molecule has 2 N–H and O–H groups in total. The summed E-state index contributed by atoms with van der Waals surface area (Å²) in [6, 6.07) is 10.7. The molecule has 0 aliphatic rings. The normalized spacial score (nSPS) is 9.63. The molecule has 1 heterocycles. The van der Waals surface area contributed by atoms with E-state index < -0.39 is 5.97 Å². The van der Waals surface area contributed by atoms with Crippen molar-refractivity contribution in [3.8, 4) is 12.3 Å². The summed E-state index contributed by atoms with van der Waals surface area (Å²) < 4.78 is 0. The molecule has 4 heteroatoms. The minimum Gasteiger partial charge on any atom is -0.478 e. The van der Waals surface area contributed by atoms with Crippen LogP contribution in [0.3, 0.4) is 0 Å². The predicted molar refractivity (Wildman–Crippen MR) is 72.9 cm³/mol. The maximum absolute atomic E-state index is 10.7. The van der Waals surface area contributed by atoms with Crippen LogP contribution in [0.1, 0.15) is 21.6 Å². The molecule has 1 aromatic carbocycles. The standard InChI is InChI=1S/C15H12N2O2/c1-2-11-4-3-5-13(8-11)17-10-14-7-6-12(9-16-14)15(18)19/h1,3-9,17H,10H2,(H,18,19). The second kappa shape index (κ2) is 5.69. The van der Waals surface area contributed by atoms with Gasteiger partial charge in [0.2, 0.25) is 0 Å². The van der Waals surface area contributed by atoms with Crippen molar-refractivity contribution in [2.75, 3.05) is 5.32 Å². The van der Waals surface area contributed by atoms with Gasteiger partial charge in [0.1, 0.15) is 0 Å². The second-order valence-electron chi connectivity index (χ2n) is 3.92. The van der Waals surface area contributed by atoms with Crippen molar-refractivity contribution < 1.29 is 9.90 Å². The van der Waals surface area contributed by atoms with Gasteiger partial charge in [-0.05, 0) is 30.3 Å². The van der Waals surface area contributed by atoms with E-state index in [9.17, 15) is 4.79 Å². The van der Waals surface area contributed by atoms with Crippen LogP contribution in [-0.4, -0.2) is 16.1 Å². The van der Waals surface area contributed by atoms with Gasteiger partial charge in [0.25, 0.3) is 0 Å². The van der Waals surface area contributed by atoms with Crippen LogP contribution >= 0.6 is 0 Å². The van der Waals surface area contributed by atoms with Gasteiger partial charge in [-0.15, -0.1) is 6.42 Å². The molecule has 94 valence electrons. The van der Waals surface area contributed by atoms with Crippen molar-refractivity contribution in [3.63, 3.8) is 0 Å². The summed E-state index contributed by atoms with van der Waals surface area (Å²) in [7, 11) is 0. The number of aromatic carboxylic acids is 1. The first-order chi connectivity index (χ1) is 9.19. The highest BCUT2D eigenvalue weighted by atomic mass is 16.4. The number of anilines is 1. The molecule has 0 aliphatic heterocycles. The molecule has 0 atom stereocenters. The van der Waals surface area contributed by atoms with Gasteiger partial charge in [0.05, 0.1) is 17.8 Å². The van der Waals surface area contributed by atoms with Gasteiger partial charge in [-0.1, -0.05) is 12.0 Å². The number of hydrogen-bond donors (Lipinski definition) is 2. The molecule has 2 rings (SSSR count). The third-order valence-electron chi connectivity index (χ3n) is 2.57. The number of terminal acetylenes is 1. The van der Waals surface area contributed by atoms with Crippen LogP contribution in [0.15, 0.2) is 42.6 Å². The van der Waals surface area contributed by atoms with E-state index in [0.717, 1.165) is 16.9 Å². The smallest absolute Gasteiger partial charge is 0.337 e. The molecule has 0 bridgehead atoms. The van der Waals surface area contributed by atoms with Crippen molar-refractivity contribution in [1.82, 2.24) is 4.98 Å². The van der Waals surface area contributed by atoms with Crippen LogP contribution < -0.4 is 5.32 Å². The lowest BCUT2D eigenvalue weighted by Gasteiger charge is -2.06. The highest BCUT2D eigenvalue weighted by Crippen LogP contribution is 2.11. The third-order valence-corrected chi connectivity index (χ3v) is 2.57. The number of carbonyl (C=O) groups is 1. The lowest BCUT2D eigenvalue weighted by molar-refractivity contribution is 0.0696. The van der Waals surface area contributed by atoms with Crippen LogP contribution in [-0.2, 0) is 6.54 Å². The quantitative estimate of drug-likeness (QED) is 0.820. The van der Waals surface area contributed by atoms with Crippen molar-refractivity contribution in [3.05, 3.63) is 59.4 Å². The molecule has 1 aromatic heterocycles. The Morgan fingerprint density at radius 2 is 2.21 bits per heavy atom. The zero-order valence-corrected chi connectivity index (χ0v) is 10.1. The van der Waals surface area contributed by atoms with Crippen LogP contribution in [0.4, 0.5) is 5.69 Å². The van der Waals surface area contributed by atoms with E-state index in [1.807, 2.05) is 24.3 Å². The Labute approximate surface area is 111 Å². The van der Waals surface area contributed by atoms with Gasteiger partial charge in [-0.25, -0.2) is 4.79 Å². The van der Waals surface area contributed by atoms with Gasteiger partial charge in [-0.3, -0.25) is 4.98 Å². The number of nitrogens with one attached hydrogen (secondary N) is 1. The monoisotopic (exact) mass is 252 g/mol. The summed E-state index contributed by atoms with van der Waals surface area (Å²) in [6.07, 6.45) is 6.67. The van der Waals surface area contributed by atoms with Crippen LogP contribution in [0, 0.1) is 12.3 Å². The van der Waals surface area contributed by atoms with Crippen molar-refractivity contribution in [1.29, 1.82) is 0 Å². The summed E-state index contributed by atoms with van der Waals surface area (Å²) >= 11 is 0. The summed E-state index contributed by atoms with van der Waals surface area (Å²) in [5.74, 6) is 1.59. The van der Waals surface area contributed by atoms with E-state index in [2.05, 4.69) is 16.2 Å². The van der Waals surface area contributed by atoms with Gasteiger partial charge < -0.3 is 10.4 Å². The summed E-state index contributed by atoms with van der Waals surface area (Å²) in [4.78, 5) is 14.8. The van der Waals surface area contributed by atoms with E-state index in [0.29, 0.717) is 6.54 Å². The van der Waals surface area contributed by atoms with Gasteiger partial charge in [0.15, 0.2) is 0 Å². The van der Waals surface area contributed by atoms with Crippen LogP contribution in [0.25, 0.3) is 0 Å². The van der Waals surface area contributed by atoms with Crippen LogP contribution in [0.5, 0.6) is 0 Å². The Hall–Kier alpha value is -2.80. The Morgan fingerprint density at radius 3 is 2.84 bits per heavy atom. The van der Waals surface area contributed by atoms with Crippen molar-refractivity contribution >= 4 is 11.7 Å². The number of rotatable bonds is 4. The van der Waals surface area contributed by atoms with Crippen LogP contribution in [0.2, 0.25) is 0 Å². The topological polar surface area (TPSA) is 62.2 Å². The average Bonchev–Trinajstić information content (AvgIpc) is 2.46. The first-order valence-corrected chi connectivity index (χ1v) is 5.68. The lowest BCUT2D eigenvalue weighted by atomic mass is 10.2. The van der Waals surface area contributed by atoms with Gasteiger partial charge in [-0.2, -0.15) is 0 Å². The Morgan fingerprint density at radius 1 is 1.37 bits per heavy atom. The van der Waals surface area contributed by atoms with Gasteiger partial charge >= 0.3 is 5.97 Å². The molecule has 19 heavy (non-hydrogen) atoms. The second-order valence-corrected chi connectivity index (χ2v) is 3.92. The molecule has 0 aliphatic carbocycles. The molecule has 0 fully saturated rings. The van der Waals surface area contributed by atoms with Crippen molar-refractivity contribution in [2.24, 2.45) is 0 Å². The molecular weight excluding hydrogens is 240 g/mol. The molecule has 0 amide bonds. The number of pyridine rings is 1. The largest absolute Gasteiger partial charge is 0.478 e. The molecular formula is C15H12N2O2. The zero-order chi connectivity index (χ0) is 13.7. The van der Waals surface area contributed by atoms with Crippen molar-refractivity contribution in [2.45, 2.75) is 6.54 Å². The highest BCUT2D eigenvalue weighted by Gasteiger charge is 2.02. The van der Waals surface area contributed by atoms with E-state index in [-0.39, 0.29) is 5.56 Å². The number of hydrogen-bond acceptors (Lipinski definition) is 3. The summed E-state index contributed by atoms with van der Waals surface area (Å²) in [6.45, 7) is 0.508. The number of benzene rings is 1.